The summed E-state index contributed by atoms with van der Waals surface area (Å²) in [5.74, 6) is -0.240. The normalized spacial score (nSPS) is 11.8. The summed E-state index contributed by atoms with van der Waals surface area (Å²) in [6, 6.07) is 8.31. The van der Waals surface area contributed by atoms with Crippen LogP contribution in [0.2, 0.25) is 0 Å². The van der Waals surface area contributed by atoms with Crippen molar-refractivity contribution < 1.29 is 9.53 Å². The second-order valence-electron chi connectivity index (χ2n) is 4.39. The van der Waals surface area contributed by atoms with Gasteiger partial charge in [-0.05, 0) is 36.6 Å². The van der Waals surface area contributed by atoms with Crippen LogP contribution in [0.1, 0.15) is 19.4 Å². The molecule has 18 heavy (non-hydrogen) atoms. The van der Waals surface area contributed by atoms with Crippen LogP contribution in [0.5, 0.6) is 0 Å². The molecule has 0 radical (unpaired) electrons. The van der Waals surface area contributed by atoms with E-state index in [2.05, 4.69) is 29.3 Å². The maximum Gasteiger partial charge on any atom is 0.302 e. The van der Waals surface area contributed by atoms with Gasteiger partial charge in [0, 0.05) is 24.0 Å². The Balaban J connectivity index is 2.07. The standard InChI is InChI=1S/C15H17NO2/c1-11(10-18-12(2)17)6-7-13-4-3-5-15-14(13)8-9-16-15/h3-6,8-9,16H,7,10H2,1-2H3/b11-6+. The number of ether oxygens (including phenoxy) is 1. The van der Waals surface area contributed by atoms with Gasteiger partial charge in [0.2, 0.25) is 0 Å². The van der Waals surface area contributed by atoms with Gasteiger partial charge in [0.05, 0.1) is 0 Å². The van der Waals surface area contributed by atoms with E-state index in [1.807, 2.05) is 19.2 Å². The largest absolute Gasteiger partial charge is 0.461 e. The topological polar surface area (TPSA) is 42.1 Å². The predicted octanol–water partition coefficient (Wildman–Crippen LogP) is 3.22. The van der Waals surface area contributed by atoms with E-state index in [1.54, 1.807) is 0 Å². The van der Waals surface area contributed by atoms with Gasteiger partial charge >= 0.3 is 5.97 Å². The van der Waals surface area contributed by atoms with E-state index in [0.717, 1.165) is 17.5 Å². The van der Waals surface area contributed by atoms with Gasteiger partial charge in [-0.15, -0.1) is 0 Å². The molecule has 2 aromatic rings. The average Bonchev–Trinajstić information content (AvgIpc) is 2.82. The van der Waals surface area contributed by atoms with Crippen LogP contribution in [0.25, 0.3) is 10.9 Å². The SMILES string of the molecule is CC(=O)OC/C(C)=C/Cc1cccc2[nH]ccc12. The molecule has 0 saturated heterocycles. The van der Waals surface area contributed by atoms with Crippen LogP contribution in [-0.2, 0) is 16.0 Å². The molecule has 0 unspecified atom stereocenters. The van der Waals surface area contributed by atoms with Crippen molar-refractivity contribution in [3.63, 3.8) is 0 Å². The van der Waals surface area contributed by atoms with E-state index in [1.165, 1.54) is 17.9 Å². The van der Waals surface area contributed by atoms with Crippen molar-refractivity contribution in [1.29, 1.82) is 0 Å². The van der Waals surface area contributed by atoms with Crippen LogP contribution in [0.4, 0.5) is 0 Å². The Morgan fingerprint density at radius 1 is 1.33 bits per heavy atom. The number of carbonyl (C=O) groups excluding carboxylic acids is 1. The van der Waals surface area contributed by atoms with Gasteiger partial charge in [-0.1, -0.05) is 18.2 Å². The molecule has 0 bridgehead atoms. The lowest BCUT2D eigenvalue weighted by Gasteiger charge is -2.03. The second kappa shape index (κ2) is 5.54. The molecule has 3 heteroatoms. The zero-order valence-electron chi connectivity index (χ0n) is 10.7. The maximum absolute atomic E-state index is 10.7. The molecule has 0 spiro atoms. The van der Waals surface area contributed by atoms with Crippen LogP contribution in [0.3, 0.4) is 0 Å². The summed E-state index contributed by atoms with van der Waals surface area (Å²) in [6.45, 7) is 3.77. The molecule has 2 rings (SSSR count). The first-order chi connectivity index (χ1) is 8.66. The molecule has 1 N–H and O–H groups in total. The van der Waals surface area contributed by atoms with Crippen molar-refractivity contribution in [2.45, 2.75) is 20.3 Å². The zero-order chi connectivity index (χ0) is 13.0. The Hall–Kier alpha value is -2.03. The predicted molar refractivity (Wildman–Crippen MR) is 72.4 cm³/mol. The number of rotatable bonds is 4. The second-order valence-corrected chi connectivity index (χ2v) is 4.39. The molecular formula is C15H17NO2. The smallest absolute Gasteiger partial charge is 0.302 e. The van der Waals surface area contributed by atoms with Crippen molar-refractivity contribution in [3.8, 4) is 0 Å². The summed E-state index contributed by atoms with van der Waals surface area (Å²) < 4.78 is 4.95. The van der Waals surface area contributed by atoms with Crippen molar-refractivity contribution in [1.82, 2.24) is 4.98 Å². The maximum atomic E-state index is 10.7. The fraction of sp³-hybridized carbons (Fsp3) is 0.267. The number of benzene rings is 1. The summed E-state index contributed by atoms with van der Waals surface area (Å²) in [7, 11) is 0. The number of aromatic nitrogens is 1. The summed E-state index contributed by atoms with van der Waals surface area (Å²) in [5.41, 5.74) is 3.49. The molecule has 1 aromatic carbocycles. The van der Waals surface area contributed by atoms with Crippen molar-refractivity contribution in [2.24, 2.45) is 0 Å². The number of hydrogen-bond acceptors (Lipinski definition) is 2. The van der Waals surface area contributed by atoms with Gasteiger partial charge in [-0.25, -0.2) is 0 Å². The molecule has 94 valence electrons. The van der Waals surface area contributed by atoms with Gasteiger partial charge in [-0.3, -0.25) is 4.79 Å². The van der Waals surface area contributed by atoms with Crippen LogP contribution < -0.4 is 0 Å². The van der Waals surface area contributed by atoms with Gasteiger partial charge < -0.3 is 9.72 Å². The van der Waals surface area contributed by atoms with Crippen molar-refractivity contribution in [3.05, 3.63) is 47.7 Å². The number of esters is 1. The van der Waals surface area contributed by atoms with E-state index in [-0.39, 0.29) is 5.97 Å². The third kappa shape index (κ3) is 3.00. The van der Waals surface area contributed by atoms with E-state index in [4.69, 9.17) is 4.74 Å². The lowest BCUT2D eigenvalue weighted by molar-refractivity contribution is -0.139. The minimum atomic E-state index is -0.240. The van der Waals surface area contributed by atoms with E-state index >= 15 is 0 Å². The van der Waals surface area contributed by atoms with Gasteiger partial charge in [0.25, 0.3) is 0 Å². The van der Waals surface area contributed by atoms with E-state index in [9.17, 15) is 4.79 Å². The molecule has 0 amide bonds. The number of fused-ring (bicyclic) bond motifs is 1. The first-order valence-corrected chi connectivity index (χ1v) is 6.01. The Kier molecular flexibility index (Phi) is 3.82. The summed E-state index contributed by atoms with van der Waals surface area (Å²) in [6.07, 6.45) is 4.90. The van der Waals surface area contributed by atoms with Gasteiger partial charge in [0.1, 0.15) is 6.61 Å². The average molecular weight is 243 g/mol. The quantitative estimate of drug-likeness (QED) is 0.661. The van der Waals surface area contributed by atoms with Crippen molar-refractivity contribution >= 4 is 16.9 Å². The number of allylic oxidation sites excluding steroid dienone is 1. The molecule has 0 atom stereocenters. The molecular weight excluding hydrogens is 226 g/mol. The Morgan fingerprint density at radius 2 is 2.17 bits per heavy atom. The third-order valence-electron chi connectivity index (χ3n) is 2.86. The number of nitrogens with one attached hydrogen (secondary N) is 1. The molecule has 3 nitrogen and oxygen atoms in total. The molecule has 0 saturated carbocycles. The van der Waals surface area contributed by atoms with Gasteiger partial charge in [0.15, 0.2) is 0 Å². The molecule has 1 aromatic heterocycles. The number of carbonyl (C=O) groups is 1. The zero-order valence-corrected chi connectivity index (χ0v) is 10.7. The Bertz CT molecular complexity index is 581. The fourth-order valence-electron chi connectivity index (χ4n) is 1.89. The van der Waals surface area contributed by atoms with E-state index < -0.39 is 0 Å². The highest BCUT2D eigenvalue weighted by atomic mass is 16.5. The van der Waals surface area contributed by atoms with Crippen LogP contribution in [-0.4, -0.2) is 17.6 Å². The highest BCUT2D eigenvalue weighted by Crippen LogP contribution is 2.18. The Labute approximate surface area is 106 Å². The third-order valence-corrected chi connectivity index (χ3v) is 2.86. The lowest BCUT2D eigenvalue weighted by atomic mass is 10.1. The highest BCUT2D eigenvalue weighted by Gasteiger charge is 2.00. The summed E-state index contributed by atoms with van der Waals surface area (Å²) >= 11 is 0. The minimum absolute atomic E-state index is 0.240. The lowest BCUT2D eigenvalue weighted by Crippen LogP contribution is -2.01. The van der Waals surface area contributed by atoms with Gasteiger partial charge in [-0.2, -0.15) is 0 Å². The highest BCUT2D eigenvalue weighted by molar-refractivity contribution is 5.83. The molecule has 0 aliphatic rings. The fourth-order valence-corrected chi connectivity index (χ4v) is 1.89. The first-order valence-electron chi connectivity index (χ1n) is 6.01. The van der Waals surface area contributed by atoms with Crippen LogP contribution in [0.15, 0.2) is 42.1 Å². The first kappa shape index (κ1) is 12.4. The van der Waals surface area contributed by atoms with Crippen LogP contribution in [0, 0.1) is 0 Å². The molecule has 0 aliphatic carbocycles. The van der Waals surface area contributed by atoms with Crippen molar-refractivity contribution in [2.75, 3.05) is 6.61 Å². The molecule has 1 heterocycles. The van der Waals surface area contributed by atoms with Crippen LogP contribution >= 0.6 is 0 Å². The minimum Gasteiger partial charge on any atom is -0.461 e. The molecule has 0 fully saturated rings. The summed E-state index contributed by atoms with van der Waals surface area (Å²) in [5, 5.41) is 1.24. The number of H-pyrrole nitrogens is 1. The van der Waals surface area contributed by atoms with E-state index in [0.29, 0.717) is 6.61 Å². The number of aromatic amines is 1. The monoisotopic (exact) mass is 243 g/mol. The number of hydrogen-bond donors (Lipinski definition) is 1. The summed E-state index contributed by atoms with van der Waals surface area (Å²) in [4.78, 5) is 13.9. The molecule has 0 aliphatic heterocycles. The Morgan fingerprint density at radius 3 is 2.94 bits per heavy atom.